The van der Waals surface area contributed by atoms with Crippen LogP contribution in [0, 0.1) is 6.92 Å². The van der Waals surface area contributed by atoms with Crippen LogP contribution < -0.4 is 10.6 Å². The highest BCUT2D eigenvalue weighted by Gasteiger charge is 2.11. The Morgan fingerprint density at radius 3 is 2.71 bits per heavy atom. The molecule has 0 saturated carbocycles. The van der Waals surface area contributed by atoms with Crippen molar-refractivity contribution in [3.8, 4) is 0 Å². The van der Waals surface area contributed by atoms with Crippen LogP contribution in [0.15, 0.2) is 18.2 Å². The Labute approximate surface area is 90.7 Å². The molecule has 78 valence electrons. The molecule has 0 aliphatic carbocycles. The molecule has 0 bridgehead atoms. The minimum absolute atomic E-state index is 0.326. The fourth-order valence-corrected chi connectivity index (χ4v) is 1.54. The van der Waals surface area contributed by atoms with Crippen LogP contribution in [0.4, 0.5) is 5.69 Å². The molecule has 0 heterocycles. The highest BCUT2D eigenvalue weighted by atomic mass is 35.5. The summed E-state index contributed by atoms with van der Waals surface area (Å²) in [4.78, 5) is 2.15. The Kier molecular flexibility index (Phi) is 3.78. The van der Waals surface area contributed by atoms with Gasteiger partial charge in [-0.1, -0.05) is 17.7 Å². The maximum Gasteiger partial charge on any atom is 0.0455 e. The summed E-state index contributed by atoms with van der Waals surface area (Å²) in [6, 6.07) is 6.26. The van der Waals surface area contributed by atoms with Gasteiger partial charge in [0.2, 0.25) is 0 Å². The number of anilines is 1. The molecule has 1 atom stereocenters. The van der Waals surface area contributed by atoms with Gasteiger partial charge in [0.1, 0.15) is 0 Å². The Hall–Kier alpha value is -0.730. The molecule has 0 spiro atoms. The minimum atomic E-state index is 0.326. The number of nitrogens with two attached hydrogens (primary N) is 1. The Morgan fingerprint density at radius 2 is 2.14 bits per heavy atom. The zero-order chi connectivity index (χ0) is 10.7. The average Bonchev–Trinajstić information content (AvgIpc) is 2.20. The molecule has 1 aromatic rings. The summed E-state index contributed by atoms with van der Waals surface area (Å²) < 4.78 is 0. The quantitative estimate of drug-likeness (QED) is 0.834. The largest absolute Gasteiger partial charge is 0.370 e. The molecular formula is C11H17ClN2. The van der Waals surface area contributed by atoms with Gasteiger partial charge in [0.05, 0.1) is 0 Å². The van der Waals surface area contributed by atoms with Gasteiger partial charge in [0.25, 0.3) is 0 Å². The summed E-state index contributed by atoms with van der Waals surface area (Å²) in [6.45, 7) is 4.76. The first kappa shape index (κ1) is 11.3. The first-order valence-electron chi connectivity index (χ1n) is 4.76. The van der Waals surface area contributed by atoms with E-state index in [0.29, 0.717) is 12.6 Å². The van der Waals surface area contributed by atoms with Crippen molar-refractivity contribution < 1.29 is 0 Å². The molecule has 0 fully saturated rings. The number of hydrogen-bond acceptors (Lipinski definition) is 2. The minimum Gasteiger partial charge on any atom is -0.370 e. The second kappa shape index (κ2) is 4.67. The van der Waals surface area contributed by atoms with Gasteiger partial charge in [-0.05, 0) is 31.5 Å². The second-order valence-corrected chi connectivity index (χ2v) is 3.99. The van der Waals surface area contributed by atoms with Crippen LogP contribution in [0.2, 0.25) is 5.02 Å². The molecule has 1 aromatic carbocycles. The SMILES string of the molecule is Cc1c(Cl)cccc1N(C)C(C)CN. The standard InChI is InChI=1S/C11H17ClN2/c1-8(7-13)14(3)11-6-4-5-10(12)9(11)2/h4-6,8H,7,13H2,1-3H3. The monoisotopic (exact) mass is 212 g/mol. The normalized spacial score (nSPS) is 12.6. The summed E-state index contributed by atoms with van der Waals surface area (Å²) >= 11 is 6.05. The lowest BCUT2D eigenvalue weighted by atomic mass is 10.1. The molecule has 0 radical (unpaired) electrons. The molecule has 0 aliphatic rings. The van der Waals surface area contributed by atoms with Gasteiger partial charge in [-0.15, -0.1) is 0 Å². The molecule has 3 heteroatoms. The highest BCUT2D eigenvalue weighted by molar-refractivity contribution is 6.31. The fraction of sp³-hybridized carbons (Fsp3) is 0.455. The summed E-state index contributed by atoms with van der Waals surface area (Å²) in [5, 5.41) is 0.804. The molecular weight excluding hydrogens is 196 g/mol. The van der Waals surface area contributed by atoms with E-state index >= 15 is 0 Å². The number of likely N-dealkylation sites (N-methyl/N-ethyl adjacent to an activating group) is 1. The van der Waals surface area contributed by atoms with E-state index in [4.69, 9.17) is 17.3 Å². The van der Waals surface area contributed by atoms with Crippen molar-refractivity contribution in [2.45, 2.75) is 19.9 Å². The number of halogens is 1. The maximum absolute atomic E-state index is 6.05. The van der Waals surface area contributed by atoms with Gasteiger partial charge >= 0.3 is 0 Å². The lowest BCUT2D eigenvalue weighted by Crippen LogP contribution is -2.35. The van der Waals surface area contributed by atoms with E-state index in [1.807, 2.05) is 26.1 Å². The molecule has 1 rings (SSSR count). The van der Waals surface area contributed by atoms with Crippen molar-refractivity contribution in [2.24, 2.45) is 5.73 Å². The molecule has 0 aliphatic heterocycles. The number of rotatable bonds is 3. The van der Waals surface area contributed by atoms with Crippen LogP contribution in [0.1, 0.15) is 12.5 Å². The lowest BCUT2D eigenvalue weighted by Gasteiger charge is -2.27. The van der Waals surface area contributed by atoms with E-state index in [9.17, 15) is 0 Å². The van der Waals surface area contributed by atoms with Gasteiger partial charge < -0.3 is 10.6 Å². The maximum atomic E-state index is 6.05. The molecule has 1 unspecified atom stereocenters. The van der Waals surface area contributed by atoms with Crippen molar-refractivity contribution in [3.05, 3.63) is 28.8 Å². The predicted octanol–water partition coefficient (Wildman–Crippen LogP) is 2.43. The zero-order valence-electron chi connectivity index (χ0n) is 8.92. The van der Waals surface area contributed by atoms with Crippen LogP contribution in [0.5, 0.6) is 0 Å². The predicted molar refractivity (Wildman–Crippen MR) is 63.1 cm³/mol. The molecule has 0 aromatic heterocycles. The van der Waals surface area contributed by atoms with Gasteiger partial charge in [-0.25, -0.2) is 0 Å². The third-order valence-corrected chi connectivity index (χ3v) is 3.03. The van der Waals surface area contributed by atoms with Crippen molar-refractivity contribution in [1.29, 1.82) is 0 Å². The third kappa shape index (κ3) is 2.20. The summed E-state index contributed by atoms with van der Waals surface area (Å²) in [7, 11) is 2.04. The Balaban J connectivity index is 3.01. The van der Waals surface area contributed by atoms with Crippen LogP contribution in [-0.2, 0) is 0 Å². The van der Waals surface area contributed by atoms with Crippen LogP contribution in [0.3, 0.4) is 0 Å². The van der Waals surface area contributed by atoms with Gasteiger partial charge in [0, 0.05) is 30.3 Å². The number of benzene rings is 1. The fourth-order valence-electron chi connectivity index (χ4n) is 1.37. The highest BCUT2D eigenvalue weighted by Crippen LogP contribution is 2.26. The van der Waals surface area contributed by atoms with Crippen LogP contribution in [0.25, 0.3) is 0 Å². The van der Waals surface area contributed by atoms with Crippen molar-refractivity contribution in [2.75, 3.05) is 18.5 Å². The van der Waals surface area contributed by atoms with E-state index in [2.05, 4.69) is 17.9 Å². The van der Waals surface area contributed by atoms with Crippen molar-refractivity contribution >= 4 is 17.3 Å². The van der Waals surface area contributed by atoms with E-state index in [0.717, 1.165) is 16.3 Å². The van der Waals surface area contributed by atoms with Crippen LogP contribution >= 0.6 is 11.6 Å². The topological polar surface area (TPSA) is 29.3 Å². The van der Waals surface area contributed by atoms with E-state index in [1.165, 1.54) is 0 Å². The van der Waals surface area contributed by atoms with E-state index in [-0.39, 0.29) is 0 Å². The first-order valence-corrected chi connectivity index (χ1v) is 5.13. The molecule has 14 heavy (non-hydrogen) atoms. The summed E-state index contributed by atoms with van der Waals surface area (Å²) in [5.41, 5.74) is 7.88. The third-order valence-electron chi connectivity index (χ3n) is 2.62. The van der Waals surface area contributed by atoms with Crippen LogP contribution in [-0.4, -0.2) is 19.6 Å². The van der Waals surface area contributed by atoms with Gasteiger partial charge in [0.15, 0.2) is 0 Å². The summed E-state index contributed by atoms with van der Waals surface area (Å²) in [5.74, 6) is 0. The molecule has 0 amide bonds. The van der Waals surface area contributed by atoms with Crippen molar-refractivity contribution in [3.63, 3.8) is 0 Å². The Morgan fingerprint density at radius 1 is 1.50 bits per heavy atom. The van der Waals surface area contributed by atoms with E-state index < -0.39 is 0 Å². The summed E-state index contributed by atoms with van der Waals surface area (Å²) in [6.07, 6.45) is 0. The smallest absolute Gasteiger partial charge is 0.0455 e. The zero-order valence-corrected chi connectivity index (χ0v) is 9.67. The first-order chi connectivity index (χ1) is 6.57. The Bertz CT molecular complexity index is 312. The molecule has 0 saturated heterocycles. The lowest BCUT2D eigenvalue weighted by molar-refractivity contribution is 0.694. The second-order valence-electron chi connectivity index (χ2n) is 3.58. The average molecular weight is 213 g/mol. The molecule has 2 N–H and O–H groups in total. The number of hydrogen-bond donors (Lipinski definition) is 1. The van der Waals surface area contributed by atoms with Crippen molar-refractivity contribution in [1.82, 2.24) is 0 Å². The molecule has 2 nitrogen and oxygen atoms in total. The van der Waals surface area contributed by atoms with E-state index in [1.54, 1.807) is 0 Å². The number of nitrogens with zero attached hydrogens (tertiary/aromatic N) is 1. The van der Waals surface area contributed by atoms with Gasteiger partial charge in [-0.3, -0.25) is 0 Å². The van der Waals surface area contributed by atoms with Gasteiger partial charge in [-0.2, -0.15) is 0 Å².